The fourth-order valence-electron chi connectivity index (χ4n) is 4.63. The molecule has 0 aromatic heterocycles. The fourth-order valence-corrected chi connectivity index (χ4v) is 4.63. The smallest absolute Gasteiger partial charge is 0.166 e. The molecule has 1 aliphatic carbocycles. The van der Waals surface area contributed by atoms with E-state index in [4.69, 9.17) is 15.9 Å². The zero-order valence-corrected chi connectivity index (χ0v) is 14.3. The third-order valence-electron chi connectivity index (χ3n) is 5.89. The maximum Gasteiger partial charge on any atom is 0.166 e. The van der Waals surface area contributed by atoms with Gasteiger partial charge in [-0.25, -0.2) is 0 Å². The molecule has 2 aliphatic heterocycles. The molecule has 1 aromatic carbocycles. The Hall–Kier alpha value is -1.96. The summed E-state index contributed by atoms with van der Waals surface area (Å²) in [4.78, 5) is 0. The molecule has 0 amide bonds. The fraction of sp³-hybridized carbons (Fsp3) is 0.500. The molecule has 2 heterocycles. The Morgan fingerprint density at radius 2 is 2.33 bits per heavy atom. The first-order valence-electron chi connectivity index (χ1n) is 8.53. The average molecular weight is 326 g/mol. The Bertz CT molecular complexity index is 750. The monoisotopic (exact) mass is 326 g/mol. The van der Waals surface area contributed by atoms with Crippen molar-refractivity contribution in [3.8, 4) is 23.8 Å². The van der Waals surface area contributed by atoms with Crippen LogP contribution < -0.4 is 9.47 Å². The van der Waals surface area contributed by atoms with E-state index < -0.39 is 6.10 Å². The van der Waals surface area contributed by atoms with Crippen LogP contribution in [-0.2, 0) is 12.0 Å². The van der Waals surface area contributed by atoms with E-state index in [2.05, 4.69) is 25.1 Å². The highest BCUT2D eigenvalue weighted by atomic mass is 16.5. The van der Waals surface area contributed by atoms with Crippen LogP contribution in [0.4, 0.5) is 0 Å². The van der Waals surface area contributed by atoms with E-state index in [1.54, 1.807) is 7.11 Å². The normalized spacial score (nSPS) is 36.1. The first-order valence-corrected chi connectivity index (χ1v) is 8.53. The average Bonchev–Trinajstić information content (AvgIpc) is 2.82. The lowest BCUT2D eigenvalue weighted by molar-refractivity contribution is -0.915. The second-order valence-corrected chi connectivity index (χ2v) is 7.55. The van der Waals surface area contributed by atoms with E-state index >= 15 is 0 Å². The molecule has 0 fully saturated rings. The first-order chi connectivity index (χ1) is 11.5. The van der Waals surface area contributed by atoms with Gasteiger partial charge >= 0.3 is 0 Å². The molecule has 1 aromatic rings. The van der Waals surface area contributed by atoms with Gasteiger partial charge in [0.1, 0.15) is 19.2 Å². The van der Waals surface area contributed by atoms with E-state index in [1.165, 1.54) is 11.1 Å². The zero-order valence-electron chi connectivity index (χ0n) is 14.3. The highest BCUT2D eigenvalue weighted by Crippen LogP contribution is 2.56. The first kappa shape index (κ1) is 15.6. The molecule has 0 saturated carbocycles. The molecule has 4 rings (SSSR count). The molecule has 0 radical (unpaired) electrons. The lowest BCUT2D eigenvalue weighted by Crippen LogP contribution is -2.47. The lowest BCUT2D eigenvalue weighted by atomic mass is 9.69. The van der Waals surface area contributed by atoms with Crippen molar-refractivity contribution in [1.29, 1.82) is 0 Å². The van der Waals surface area contributed by atoms with Crippen molar-refractivity contribution in [2.45, 2.75) is 37.0 Å². The maximum absolute atomic E-state index is 10.1. The van der Waals surface area contributed by atoms with Crippen molar-refractivity contribution in [3.05, 3.63) is 35.4 Å². The molecule has 0 bridgehead atoms. The Labute approximate surface area is 143 Å². The van der Waals surface area contributed by atoms with Gasteiger partial charge in [0.05, 0.1) is 32.2 Å². The van der Waals surface area contributed by atoms with Crippen LogP contribution in [0.1, 0.15) is 24.0 Å². The van der Waals surface area contributed by atoms with Crippen LogP contribution in [-0.4, -0.2) is 49.0 Å². The summed E-state index contributed by atoms with van der Waals surface area (Å²) >= 11 is 0. The molecule has 4 heteroatoms. The summed E-state index contributed by atoms with van der Waals surface area (Å²) in [6, 6.07) is 4.15. The summed E-state index contributed by atoms with van der Waals surface area (Å²) in [5, 5.41) is 10.1. The highest BCUT2D eigenvalue weighted by Gasteiger charge is 2.54. The van der Waals surface area contributed by atoms with Gasteiger partial charge in [0.15, 0.2) is 11.5 Å². The van der Waals surface area contributed by atoms with E-state index in [-0.39, 0.29) is 11.5 Å². The quantitative estimate of drug-likeness (QED) is 0.513. The van der Waals surface area contributed by atoms with Crippen LogP contribution in [0.25, 0.3) is 0 Å². The molecule has 1 N–H and O–H groups in total. The van der Waals surface area contributed by atoms with Crippen LogP contribution in [0.5, 0.6) is 11.5 Å². The Balaban J connectivity index is 1.91. The van der Waals surface area contributed by atoms with Crippen molar-refractivity contribution in [1.82, 2.24) is 0 Å². The maximum atomic E-state index is 10.1. The summed E-state index contributed by atoms with van der Waals surface area (Å²) < 4.78 is 12.7. The summed E-state index contributed by atoms with van der Waals surface area (Å²) in [5.74, 6) is 4.47. The Kier molecular flexibility index (Phi) is 3.42. The van der Waals surface area contributed by atoms with Crippen LogP contribution >= 0.6 is 0 Å². The predicted octanol–water partition coefficient (Wildman–Crippen LogP) is 2.00. The Morgan fingerprint density at radius 1 is 1.50 bits per heavy atom. The third kappa shape index (κ3) is 2.08. The van der Waals surface area contributed by atoms with E-state index in [9.17, 15) is 5.11 Å². The number of methoxy groups -OCH3 is 1. The van der Waals surface area contributed by atoms with Gasteiger partial charge in [0, 0.05) is 24.0 Å². The molecule has 3 aliphatic rings. The summed E-state index contributed by atoms with van der Waals surface area (Å²) in [6.07, 6.45) is 10.8. The number of benzene rings is 1. The molecular formula is C20H24NO3+. The van der Waals surface area contributed by atoms with Crippen molar-refractivity contribution in [2.24, 2.45) is 0 Å². The summed E-state index contributed by atoms with van der Waals surface area (Å²) in [6.45, 7) is 2.60. The van der Waals surface area contributed by atoms with Crippen molar-refractivity contribution in [3.63, 3.8) is 0 Å². The van der Waals surface area contributed by atoms with Gasteiger partial charge in [-0.15, -0.1) is 6.42 Å². The van der Waals surface area contributed by atoms with Gasteiger partial charge in [-0.3, -0.25) is 0 Å². The van der Waals surface area contributed by atoms with Crippen LogP contribution in [0.15, 0.2) is 24.3 Å². The minimum atomic E-state index is -0.445. The molecule has 24 heavy (non-hydrogen) atoms. The van der Waals surface area contributed by atoms with Gasteiger partial charge in [-0.1, -0.05) is 12.2 Å². The molecule has 1 unspecified atom stereocenters. The highest BCUT2D eigenvalue weighted by molar-refractivity contribution is 5.60. The largest absolute Gasteiger partial charge is 0.493 e. The lowest BCUT2D eigenvalue weighted by Gasteiger charge is -2.36. The Morgan fingerprint density at radius 3 is 3.08 bits per heavy atom. The number of terminal acetylenes is 1. The number of nitrogens with zero attached hydrogens (tertiary/aromatic N) is 1. The van der Waals surface area contributed by atoms with E-state index in [0.717, 1.165) is 42.0 Å². The van der Waals surface area contributed by atoms with Gasteiger partial charge in [-0.2, -0.15) is 0 Å². The number of rotatable bonds is 2. The summed E-state index contributed by atoms with van der Waals surface area (Å²) in [7, 11) is 3.90. The zero-order chi connectivity index (χ0) is 16.9. The van der Waals surface area contributed by atoms with Gasteiger partial charge in [0.25, 0.3) is 0 Å². The van der Waals surface area contributed by atoms with Crippen molar-refractivity contribution < 1.29 is 19.1 Å². The molecular weight excluding hydrogens is 302 g/mol. The molecule has 4 nitrogen and oxygen atoms in total. The van der Waals surface area contributed by atoms with Crippen molar-refractivity contribution in [2.75, 3.05) is 27.2 Å². The van der Waals surface area contributed by atoms with Gasteiger partial charge < -0.3 is 19.1 Å². The number of aliphatic hydroxyl groups is 1. The van der Waals surface area contributed by atoms with Crippen LogP contribution in [0.3, 0.4) is 0 Å². The van der Waals surface area contributed by atoms with E-state index in [0.29, 0.717) is 6.42 Å². The predicted molar refractivity (Wildman–Crippen MR) is 91.9 cm³/mol. The van der Waals surface area contributed by atoms with Gasteiger partial charge in [0.2, 0.25) is 0 Å². The molecule has 1 spiro atoms. The molecule has 4 atom stereocenters. The topological polar surface area (TPSA) is 38.7 Å². The minimum absolute atomic E-state index is 0.0417. The standard InChI is InChI=1S/C20H24NO3/c1-4-10-21(2)11-9-20-8-7-15(22)12-17(20)24-19-16(23-3)6-5-14(13-21)18(19)20/h1,5-8,15,17,22H,9-13H2,2-3H3/q+1/t15-,17-,20-,21?/m0/s1. The number of hydrogen-bond donors (Lipinski definition) is 1. The minimum Gasteiger partial charge on any atom is -0.493 e. The molecule has 0 saturated heterocycles. The van der Waals surface area contributed by atoms with Crippen molar-refractivity contribution >= 4 is 0 Å². The van der Waals surface area contributed by atoms with Gasteiger partial charge in [-0.05, 0) is 18.1 Å². The second-order valence-electron chi connectivity index (χ2n) is 7.55. The van der Waals surface area contributed by atoms with Crippen LogP contribution in [0.2, 0.25) is 0 Å². The second kappa shape index (κ2) is 5.27. The number of hydrogen-bond acceptors (Lipinski definition) is 3. The summed E-state index contributed by atoms with van der Waals surface area (Å²) in [5.41, 5.74) is 2.35. The SMILES string of the molecule is C#CC[N+]1(C)CC[C@@]23C=C[C@H](O)C[C@@H]2Oc2c(OC)ccc(c23)C1. The van der Waals surface area contributed by atoms with Crippen LogP contribution in [0, 0.1) is 12.3 Å². The van der Waals surface area contributed by atoms with E-state index in [1.807, 2.05) is 12.1 Å². The third-order valence-corrected chi connectivity index (χ3v) is 5.89. The number of ether oxygens (including phenoxy) is 2. The number of aliphatic hydroxyl groups excluding tert-OH is 1. The molecule has 126 valence electrons. The number of quaternary nitrogens is 1.